The largest absolute Gasteiger partial charge is 0.478 e. The third-order valence-electron chi connectivity index (χ3n) is 2.31. The third kappa shape index (κ3) is 1.54. The minimum Gasteiger partial charge on any atom is -0.478 e. The molecule has 1 aliphatic rings. The molecule has 0 saturated heterocycles. The molecule has 0 aliphatic heterocycles. The van der Waals surface area contributed by atoms with Crippen molar-refractivity contribution >= 4 is 23.5 Å². The molecule has 0 unspecified atom stereocenters. The van der Waals surface area contributed by atoms with Crippen molar-refractivity contribution in [2.75, 3.05) is 0 Å². The first-order valence-corrected chi connectivity index (χ1v) is 4.26. The van der Waals surface area contributed by atoms with Crippen LogP contribution in [0.2, 0.25) is 0 Å². The van der Waals surface area contributed by atoms with Gasteiger partial charge in [-0.3, -0.25) is 9.59 Å². The molecule has 0 aromatic rings. The van der Waals surface area contributed by atoms with Gasteiger partial charge < -0.3 is 10.2 Å². The molecule has 0 amide bonds. The van der Waals surface area contributed by atoms with Crippen molar-refractivity contribution in [3.8, 4) is 0 Å². The van der Waals surface area contributed by atoms with E-state index in [1.54, 1.807) is 0 Å². The first kappa shape index (κ1) is 11.8. The van der Waals surface area contributed by atoms with E-state index in [2.05, 4.69) is 0 Å². The molecular formula is C10H8O6. The second-order valence-corrected chi connectivity index (χ2v) is 3.27. The van der Waals surface area contributed by atoms with E-state index in [1.165, 1.54) is 0 Å². The van der Waals surface area contributed by atoms with Crippen molar-refractivity contribution < 1.29 is 29.4 Å². The van der Waals surface area contributed by atoms with E-state index in [0.717, 1.165) is 13.8 Å². The Morgan fingerprint density at radius 2 is 1.06 bits per heavy atom. The van der Waals surface area contributed by atoms with Crippen molar-refractivity contribution in [3.63, 3.8) is 0 Å². The zero-order valence-corrected chi connectivity index (χ0v) is 8.53. The minimum atomic E-state index is -1.53. The van der Waals surface area contributed by atoms with Crippen LogP contribution in [0.3, 0.4) is 0 Å². The molecule has 0 aromatic carbocycles. The molecule has 6 heteroatoms. The predicted octanol–water partition coefficient (Wildman–Crippen LogP) is -0.0596. The predicted molar refractivity (Wildman–Crippen MR) is 50.7 cm³/mol. The second-order valence-electron chi connectivity index (χ2n) is 3.27. The Morgan fingerprint density at radius 1 is 0.812 bits per heavy atom. The molecule has 0 atom stereocenters. The Labute approximate surface area is 89.9 Å². The van der Waals surface area contributed by atoms with E-state index < -0.39 is 34.7 Å². The average Bonchev–Trinajstić information content (AvgIpc) is 2.14. The van der Waals surface area contributed by atoms with Crippen LogP contribution in [0.1, 0.15) is 13.8 Å². The Balaban J connectivity index is 3.49. The summed E-state index contributed by atoms with van der Waals surface area (Å²) in [6.45, 7) is 2.25. The third-order valence-corrected chi connectivity index (χ3v) is 2.31. The van der Waals surface area contributed by atoms with Crippen LogP contribution in [0.5, 0.6) is 0 Å². The fourth-order valence-corrected chi connectivity index (χ4v) is 1.46. The van der Waals surface area contributed by atoms with Crippen LogP contribution in [0, 0.1) is 0 Å². The lowest BCUT2D eigenvalue weighted by atomic mass is 9.85. The maximum Gasteiger partial charge on any atom is 0.340 e. The van der Waals surface area contributed by atoms with Crippen LogP contribution in [0.25, 0.3) is 0 Å². The summed E-state index contributed by atoms with van der Waals surface area (Å²) < 4.78 is 0. The van der Waals surface area contributed by atoms with Gasteiger partial charge in [0.15, 0.2) is 11.6 Å². The van der Waals surface area contributed by atoms with Crippen molar-refractivity contribution in [1.82, 2.24) is 0 Å². The average molecular weight is 224 g/mol. The van der Waals surface area contributed by atoms with Crippen LogP contribution in [0.15, 0.2) is 22.3 Å². The maximum absolute atomic E-state index is 11.5. The summed E-state index contributed by atoms with van der Waals surface area (Å²) in [7, 11) is 0. The zero-order valence-electron chi connectivity index (χ0n) is 8.53. The monoisotopic (exact) mass is 224 g/mol. The molecule has 0 spiro atoms. The number of carbonyl (C=O) groups excluding carboxylic acids is 2. The molecule has 0 aromatic heterocycles. The Hall–Kier alpha value is -2.24. The number of aliphatic carboxylic acids is 2. The van der Waals surface area contributed by atoms with Gasteiger partial charge in [0, 0.05) is 11.1 Å². The van der Waals surface area contributed by atoms with Crippen molar-refractivity contribution in [2.45, 2.75) is 13.8 Å². The fraction of sp³-hybridized carbons (Fsp3) is 0.200. The smallest absolute Gasteiger partial charge is 0.340 e. The van der Waals surface area contributed by atoms with Crippen LogP contribution >= 0.6 is 0 Å². The van der Waals surface area contributed by atoms with Crippen LogP contribution < -0.4 is 0 Å². The lowest BCUT2D eigenvalue weighted by molar-refractivity contribution is -0.137. The zero-order chi connectivity index (χ0) is 12.6. The molecule has 2 N–H and O–H groups in total. The van der Waals surface area contributed by atoms with Gasteiger partial charge in [-0.05, 0) is 13.8 Å². The van der Waals surface area contributed by atoms with Crippen molar-refractivity contribution in [2.24, 2.45) is 0 Å². The fourth-order valence-electron chi connectivity index (χ4n) is 1.46. The number of rotatable bonds is 2. The van der Waals surface area contributed by atoms with Gasteiger partial charge in [-0.2, -0.15) is 0 Å². The summed E-state index contributed by atoms with van der Waals surface area (Å²) in [4.78, 5) is 44.5. The summed E-state index contributed by atoms with van der Waals surface area (Å²) in [5, 5.41) is 17.5. The van der Waals surface area contributed by atoms with Crippen LogP contribution in [0.4, 0.5) is 0 Å². The number of carbonyl (C=O) groups is 4. The molecule has 0 saturated carbocycles. The van der Waals surface area contributed by atoms with Crippen molar-refractivity contribution in [3.05, 3.63) is 22.3 Å². The summed E-state index contributed by atoms with van der Waals surface area (Å²) in [6.07, 6.45) is 0. The van der Waals surface area contributed by atoms with E-state index in [-0.39, 0.29) is 11.1 Å². The Kier molecular flexibility index (Phi) is 2.76. The van der Waals surface area contributed by atoms with E-state index in [9.17, 15) is 19.2 Å². The summed E-state index contributed by atoms with van der Waals surface area (Å²) in [5.74, 6) is -4.91. The molecule has 1 rings (SSSR count). The number of hydrogen-bond acceptors (Lipinski definition) is 4. The van der Waals surface area contributed by atoms with E-state index in [0.29, 0.717) is 0 Å². The normalized spacial score (nSPS) is 16.9. The molecule has 0 radical (unpaired) electrons. The highest BCUT2D eigenvalue weighted by Crippen LogP contribution is 2.24. The molecule has 16 heavy (non-hydrogen) atoms. The van der Waals surface area contributed by atoms with E-state index >= 15 is 0 Å². The van der Waals surface area contributed by atoms with Gasteiger partial charge in [0.2, 0.25) is 0 Å². The van der Waals surface area contributed by atoms with Gasteiger partial charge >= 0.3 is 11.9 Å². The number of carboxylic acids is 2. The number of hydrogen-bond donors (Lipinski definition) is 2. The number of allylic oxidation sites excluding steroid dienone is 2. The standard InChI is InChI=1S/C10H8O6/c1-3-5(9(13)14)8(12)4(2)6(7(3)11)10(15)16/h1-2H3,(H,13,14)(H,15,16). The molecule has 0 heterocycles. The van der Waals surface area contributed by atoms with Crippen LogP contribution in [-0.4, -0.2) is 33.7 Å². The number of carboxylic acid groups (broad SMARTS) is 2. The first-order valence-electron chi connectivity index (χ1n) is 4.26. The minimum absolute atomic E-state index is 0.347. The molecule has 84 valence electrons. The lowest BCUT2D eigenvalue weighted by Crippen LogP contribution is -2.29. The molecule has 0 fully saturated rings. The van der Waals surface area contributed by atoms with Gasteiger partial charge in [0.25, 0.3) is 0 Å². The highest BCUT2D eigenvalue weighted by atomic mass is 16.4. The van der Waals surface area contributed by atoms with Crippen LogP contribution in [-0.2, 0) is 19.2 Å². The Bertz CT molecular complexity index is 445. The first-order chi connectivity index (χ1) is 7.29. The molecule has 0 bridgehead atoms. The van der Waals surface area contributed by atoms with Gasteiger partial charge in [0.05, 0.1) is 0 Å². The van der Waals surface area contributed by atoms with E-state index in [1.807, 2.05) is 0 Å². The summed E-state index contributed by atoms with van der Waals surface area (Å²) in [5.41, 5.74) is -2.01. The maximum atomic E-state index is 11.5. The summed E-state index contributed by atoms with van der Waals surface area (Å²) in [6, 6.07) is 0. The van der Waals surface area contributed by atoms with Gasteiger partial charge in [-0.1, -0.05) is 0 Å². The highest BCUT2D eigenvalue weighted by molar-refractivity contribution is 6.39. The number of ketones is 2. The molecule has 6 nitrogen and oxygen atoms in total. The highest BCUT2D eigenvalue weighted by Gasteiger charge is 2.36. The summed E-state index contributed by atoms with van der Waals surface area (Å²) >= 11 is 0. The lowest BCUT2D eigenvalue weighted by Gasteiger charge is -2.15. The van der Waals surface area contributed by atoms with E-state index in [4.69, 9.17) is 10.2 Å². The van der Waals surface area contributed by atoms with Gasteiger partial charge in [-0.15, -0.1) is 0 Å². The van der Waals surface area contributed by atoms with Crippen molar-refractivity contribution in [1.29, 1.82) is 0 Å². The second kappa shape index (κ2) is 3.73. The van der Waals surface area contributed by atoms with Gasteiger partial charge in [-0.25, -0.2) is 9.59 Å². The number of Topliss-reactive ketones (excluding diaryl/α,β-unsaturated/α-hetero) is 2. The molecule has 1 aliphatic carbocycles. The van der Waals surface area contributed by atoms with Gasteiger partial charge in [0.1, 0.15) is 11.1 Å². The quantitative estimate of drug-likeness (QED) is 0.502. The Morgan fingerprint density at radius 3 is 1.25 bits per heavy atom. The molecular weight excluding hydrogens is 216 g/mol. The SMILES string of the molecule is CC1=C(C(=O)O)C(=O)C(C)=C(C(=O)O)C1=O. The topological polar surface area (TPSA) is 109 Å².